The van der Waals surface area contributed by atoms with E-state index in [2.05, 4.69) is 14.2 Å². The molecule has 3 aromatic rings. The van der Waals surface area contributed by atoms with Crippen LogP contribution in [0.4, 0.5) is 5.69 Å². The summed E-state index contributed by atoms with van der Waals surface area (Å²) < 4.78 is 15.7. The van der Waals surface area contributed by atoms with Gasteiger partial charge in [-0.3, -0.25) is 4.79 Å². The predicted octanol–water partition coefficient (Wildman–Crippen LogP) is 5.50. The van der Waals surface area contributed by atoms with E-state index in [9.17, 15) is 4.79 Å². The number of amidine groups is 1. The molecular formula is C18H14Cl2N2O5S. The number of nitrogens with two attached hydrogens (primary N) is 1. The molecule has 146 valence electrons. The molecule has 0 radical (unpaired) electrons. The van der Waals surface area contributed by atoms with E-state index in [0.29, 0.717) is 39.8 Å². The highest BCUT2D eigenvalue weighted by atomic mass is 35.5. The van der Waals surface area contributed by atoms with E-state index in [-0.39, 0.29) is 22.2 Å². The van der Waals surface area contributed by atoms with E-state index in [1.807, 2.05) is 0 Å². The number of fused-ring (bicyclic) bond motifs is 1. The molecule has 7 nitrogen and oxygen atoms in total. The van der Waals surface area contributed by atoms with Crippen molar-refractivity contribution in [3.63, 3.8) is 0 Å². The number of hydrogen-bond donors (Lipinski definition) is 1. The maximum atomic E-state index is 13.0. The fourth-order valence-electron chi connectivity index (χ4n) is 2.43. The molecule has 0 saturated carbocycles. The summed E-state index contributed by atoms with van der Waals surface area (Å²) in [5.74, 6) is 0.245. The molecule has 3 rings (SSSR count). The third kappa shape index (κ3) is 4.43. The van der Waals surface area contributed by atoms with Crippen molar-refractivity contribution < 1.29 is 22.6 Å². The number of benzene rings is 2. The molecule has 10 heteroatoms. The fourth-order valence-corrected chi connectivity index (χ4v) is 3.19. The van der Waals surface area contributed by atoms with Crippen LogP contribution < -0.4 is 9.92 Å². The van der Waals surface area contributed by atoms with Crippen LogP contribution in [-0.4, -0.2) is 18.7 Å². The maximum Gasteiger partial charge on any atom is 0.258 e. The lowest BCUT2D eigenvalue weighted by Crippen LogP contribution is -2.05. The van der Waals surface area contributed by atoms with Gasteiger partial charge in [-0.2, -0.15) is 0 Å². The van der Waals surface area contributed by atoms with E-state index in [0.717, 1.165) is 0 Å². The highest BCUT2D eigenvalue weighted by molar-refractivity contribution is 7.90. The Morgan fingerprint density at radius 2 is 2.00 bits per heavy atom. The highest BCUT2D eigenvalue weighted by Crippen LogP contribution is 2.38. The number of hydrogen-bond acceptors (Lipinski definition) is 7. The van der Waals surface area contributed by atoms with Crippen LogP contribution in [0.15, 0.2) is 45.8 Å². The number of carbonyl (C=O) groups excluding carboxylic acids is 1. The molecule has 28 heavy (non-hydrogen) atoms. The number of ketones is 1. The third-order valence-electron chi connectivity index (χ3n) is 3.53. The van der Waals surface area contributed by atoms with Gasteiger partial charge in [0.05, 0.1) is 18.0 Å². The predicted molar refractivity (Wildman–Crippen MR) is 109 cm³/mol. The van der Waals surface area contributed by atoms with Crippen molar-refractivity contribution in [1.29, 1.82) is 0 Å². The molecule has 0 fully saturated rings. The zero-order valence-corrected chi connectivity index (χ0v) is 17.0. The van der Waals surface area contributed by atoms with Gasteiger partial charge in [0.2, 0.25) is 11.5 Å². The first kappa shape index (κ1) is 20.5. The largest absolute Gasteiger partial charge is 0.450 e. The quantitative estimate of drug-likeness (QED) is 0.0984. The van der Waals surface area contributed by atoms with Gasteiger partial charge in [0.1, 0.15) is 17.0 Å². The Kier molecular flexibility index (Phi) is 6.48. The Morgan fingerprint density at radius 1 is 1.21 bits per heavy atom. The standard InChI is InChI=1S/C18H14Cl2N2O5S/c1-9(21)22-16-13-6-4-11(26-28-27-24-2)8-15(13)25-18(16)17(23)12-5-3-10(19)7-14(12)20/h3-8H,1-2H3,(H2,21,22). The van der Waals surface area contributed by atoms with Crippen LogP contribution >= 0.6 is 35.5 Å². The van der Waals surface area contributed by atoms with Gasteiger partial charge >= 0.3 is 0 Å². The van der Waals surface area contributed by atoms with Crippen LogP contribution in [0.2, 0.25) is 10.0 Å². The number of rotatable bonds is 7. The van der Waals surface area contributed by atoms with E-state index < -0.39 is 5.78 Å². The molecule has 2 aromatic carbocycles. The minimum Gasteiger partial charge on any atom is -0.450 e. The Labute approximate surface area is 174 Å². The SMILES string of the molecule is COOSOc1ccc2c(N=C(C)N)c(C(=O)c3ccc(Cl)cc3Cl)oc2c1. The number of furan rings is 1. The van der Waals surface area contributed by atoms with Crippen LogP contribution in [0.5, 0.6) is 5.75 Å². The Bertz CT molecular complexity index is 1060. The molecule has 0 aliphatic rings. The average molecular weight is 441 g/mol. The molecule has 0 atom stereocenters. The molecule has 0 aliphatic carbocycles. The molecular weight excluding hydrogens is 427 g/mol. The summed E-state index contributed by atoms with van der Waals surface area (Å²) in [6.45, 7) is 1.61. The van der Waals surface area contributed by atoms with Crippen LogP contribution in [0.3, 0.4) is 0 Å². The highest BCUT2D eigenvalue weighted by Gasteiger charge is 2.24. The zero-order valence-electron chi connectivity index (χ0n) is 14.7. The van der Waals surface area contributed by atoms with Gasteiger partial charge in [0.25, 0.3) is 12.3 Å². The minimum atomic E-state index is -0.447. The molecule has 1 heterocycles. The van der Waals surface area contributed by atoms with E-state index in [1.165, 1.54) is 19.2 Å². The van der Waals surface area contributed by atoms with Crippen LogP contribution in [-0.2, 0) is 9.22 Å². The second-order valence-electron chi connectivity index (χ2n) is 5.53. The van der Waals surface area contributed by atoms with Crippen molar-refractivity contribution in [2.75, 3.05) is 7.11 Å². The molecule has 0 spiro atoms. The van der Waals surface area contributed by atoms with Crippen molar-refractivity contribution >= 4 is 63.8 Å². The number of aliphatic imine (C=N–C) groups is 1. The number of nitrogens with zero attached hydrogens (tertiary/aromatic N) is 1. The first-order valence-electron chi connectivity index (χ1n) is 7.81. The van der Waals surface area contributed by atoms with Crippen molar-refractivity contribution in [2.24, 2.45) is 10.7 Å². The van der Waals surface area contributed by atoms with Gasteiger partial charge in [-0.1, -0.05) is 23.2 Å². The second-order valence-corrected chi connectivity index (χ2v) is 6.81. The normalized spacial score (nSPS) is 11.8. The topological polar surface area (TPSA) is 96.3 Å². The summed E-state index contributed by atoms with van der Waals surface area (Å²) >= 11 is 12.7. The van der Waals surface area contributed by atoms with Crippen molar-refractivity contribution in [1.82, 2.24) is 0 Å². The van der Waals surface area contributed by atoms with E-state index >= 15 is 0 Å². The lowest BCUT2D eigenvalue weighted by molar-refractivity contribution is -0.164. The smallest absolute Gasteiger partial charge is 0.258 e. The van der Waals surface area contributed by atoms with Crippen molar-refractivity contribution in [3.05, 3.63) is 57.8 Å². The molecule has 1 aromatic heterocycles. The zero-order chi connectivity index (χ0) is 20.3. The van der Waals surface area contributed by atoms with Crippen molar-refractivity contribution in [2.45, 2.75) is 6.92 Å². The van der Waals surface area contributed by atoms with Crippen molar-refractivity contribution in [3.8, 4) is 5.75 Å². The summed E-state index contributed by atoms with van der Waals surface area (Å²) in [4.78, 5) is 21.7. The molecule has 0 bridgehead atoms. The molecule has 0 unspecified atom stereocenters. The van der Waals surface area contributed by atoms with Crippen LogP contribution in [0.25, 0.3) is 11.0 Å². The second kappa shape index (κ2) is 8.85. The Balaban J connectivity index is 2.09. The van der Waals surface area contributed by atoms with Gasteiger partial charge in [0.15, 0.2) is 0 Å². The molecule has 2 N–H and O–H groups in total. The maximum absolute atomic E-state index is 13.0. The van der Waals surface area contributed by atoms with Gasteiger partial charge in [-0.05, 0) is 37.3 Å². The monoisotopic (exact) mass is 440 g/mol. The first-order valence-corrected chi connectivity index (χ1v) is 9.24. The fraction of sp³-hybridized carbons (Fsp3) is 0.111. The number of carbonyl (C=O) groups is 1. The minimum absolute atomic E-state index is 0.00182. The van der Waals surface area contributed by atoms with E-state index in [1.54, 1.807) is 31.2 Å². The van der Waals surface area contributed by atoms with Gasteiger partial charge in [0, 0.05) is 22.0 Å². The lowest BCUT2D eigenvalue weighted by Gasteiger charge is -2.03. The molecule has 0 aliphatic heterocycles. The Hall–Kier alpha value is -2.23. The average Bonchev–Trinajstić information content (AvgIpc) is 2.98. The van der Waals surface area contributed by atoms with Gasteiger partial charge in [-0.15, -0.1) is 4.33 Å². The number of halogens is 2. The molecule has 0 saturated heterocycles. The van der Waals surface area contributed by atoms with Crippen LogP contribution in [0, 0.1) is 0 Å². The molecule has 0 amide bonds. The van der Waals surface area contributed by atoms with E-state index in [4.69, 9.17) is 37.5 Å². The lowest BCUT2D eigenvalue weighted by atomic mass is 10.1. The Morgan fingerprint density at radius 3 is 2.68 bits per heavy atom. The van der Waals surface area contributed by atoms with Crippen LogP contribution in [0.1, 0.15) is 23.0 Å². The summed E-state index contributed by atoms with van der Waals surface area (Å²) in [6, 6.07) is 9.53. The van der Waals surface area contributed by atoms with Gasteiger partial charge < -0.3 is 14.3 Å². The first-order chi connectivity index (χ1) is 13.4. The third-order valence-corrected chi connectivity index (χ3v) is 4.53. The van der Waals surface area contributed by atoms with Gasteiger partial charge in [-0.25, -0.2) is 9.88 Å². The summed E-state index contributed by atoms with van der Waals surface area (Å²) in [5, 5.41) is 1.21. The summed E-state index contributed by atoms with van der Waals surface area (Å²) in [6.07, 6.45) is 0. The summed E-state index contributed by atoms with van der Waals surface area (Å²) in [5.41, 5.74) is 6.65. The summed E-state index contributed by atoms with van der Waals surface area (Å²) in [7, 11) is 1.35.